The van der Waals surface area contributed by atoms with Gasteiger partial charge in [0, 0.05) is 36.6 Å². The van der Waals surface area contributed by atoms with Crippen molar-refractivity contribution in [3.05, 3.63) is 42.1 Å². The first-order valence-electron chi connectivity index (χ1n) is 9.02. The Labute approximate surface area is 138 Å². The minimum Gasteiger partial charge on any atom is -0.300 e. The second-order valence-electron chi connectivity index (χ2n) is 7.04. The van der Waals surface area contributed by atoms with Gasteiger partial charge in [0.2, 0.25) is 0 Å². The van der Waals surface area contributed by atoms with Crippen LogP contribution in [0.15, 0.2) is 30.6 Å². The summed E-state index contributed by atoms with van der Waals surface area (Å²) < 4.78 is 2.07. The van der Waals surface area contributed by atoms with E-state index in [1.807, 2.05) is 19.3 Å². The topological polar surface area (TPSA) is 34.0 Å². The summed E-state index contributed by atoms with van der Waals surface area (Å²) in [6.07, 6.45) is 12.0. The van der Waals surface area contributed by atoms with Crippen LogP contribution in [0.5, 0.6) is 0 Å². The predicted molar refractivity (Wildman–Crippen MR) is 91.9 cm³/mol. The SMILES string of the molecule is Cc1nccn1-c1cccc([C@H]2CCCN(C3CCCC3)C2)n1. The maximum absolute atomic E-state index is 4.96. The molecule has 0 spiro atoms. The van der Waals surface area contributed by atoms with Crippen molar-refractivity contribution >= 4 is 0 Å². The Morgan fingerprint density at radius 2 is 1.96 bits per heavy atom. The van der Waals surface area contributed by atoms with Crippen molar-refractivity contribution in [1.29, 1.82) is 0 Å². The summed E-state index contributed by atoms with van der Waals surface area (Å²) in [4.78, 5) is 12.0. The number of hydrogen-bond acceptors (Lipinski definition) is 3. The zero-order valence-corrected chi connectivity index (χ0v) is 14.0. The third-order valence-corrected chi connectivity index (χ3v) is 5.54. The van der Waals surface area contributed by atoms with E-state index in [9.17, 15) is 0 Å². The fraction of sp³-hybridized carbons (Fsp3) is 0.579. The van der Waals surface area contributed by atoms with Crippen molar-refractivity contribution in [3.8, 4) is 5.82 Å². The largest absolute Gasteiger partial charge is 0.300 e. The molecular formula is C19H26N4. The van der Waals surface area contributed by atoms with E-state index in [0.717, 1.165) is 17.7 Å². The number of aryl methyl sites for hydroxylation is 1. The summed E-state index contributed by atoms with van der Waals surface area (Å²) >= 11 is 0. The lowest BCUT2D eigenvalue weighted by Gasteiger charge is -2.36. The van der Waals surface area contributed by atoms with E-state index in [-0.39, 0.29) is 0 Å². The van der Waals surface area contributed by atoms with Crippen molar-refractivity contribution in [1.82, 2.24) is 19.4 Å². The van der Waals surface area contributed by atoms with E-state index in [4.69, 9.17) is 4.98 Å². The molecule has 23 heavy (non-hydrogen) atoms. The van der Waals surface area contributed by atoms with Crippen LogP contribution in [0.3, 0.4) is 0 Å². The van der Waals surface area contributed by atoms with Gasteiger partial charge in [-0.1, -0.05) is 18.9 Å². The molecule has 1 aliphatic carbocycles. The van der Waals surface area contributed by atoms with Gasteiger partial charge in [0.05, 0.1) is 0 Å². The summed E-state index contributed by atoms with van der Waals surface area (Å²) in [6.45, 7) is 4.49. The molecule has 2 fully saturated rings. The number of nitrogens with zero attached hydrogens (tertiary/aromatic N) is 4. The van der Waals surface area contributed by atoms with Gasteiger partial charge in [-0.25, -0.2) is 9.97 Å². The summed E-state index contributed by atoms with van der Waals surface area (Å²) in [7, 11) is 0. The Kier molecular flexibility index (Phi) is 4.17. The van der Waals surface area contributed by atoms with E-state index >= 15 is 0 Å². The second kappa shape index (κ2) is 6.44. The van der Waals surface area contributed by atoms with Crippen molar-refractivity contribution < 1.29 is 0 Å². The molecule has 4 heteroatoms. The van der Waals surface area contributed by atoms with Crippen LogP contribution >= 0.6 is 0 Å². The molecule has 0 bridgehead atoms. The zero-order valence-electron chi connectivity index (χ0n) is 14.0. The lowest BCUT2D eigenvalue weighted by atomic mass is 9.93. The highest BCUT2D eigenvalue weighted by molar-refractivity contribution is 5.28. The van der Waals surface area contributed by atoms with Crippen LogP contribution in [0, 0.1) is 6.92 Å². The molecule has 1 aliphatic heterocycles. The van der Waals surface area contributed by atoms with Crippen LogP contribution in [0.2, 0.25) is 0 Å². The van der Waals surface area contributed by atoms with Crippen LogP contribution in [0.25, 0.3) is 5.82 Å². The summed E-state index contributed by atoms with van der Waals surface area (Å²) in [5, 5.41) is 0. The standard InChI is InChI=1S/C19H26N4/c1-15-20-11-13-23(15)19-10-4-9-18(21-19)16-6-5-12-22(14-16)17-7-2-3-8-17/h4,9-11,13,16-17H,2-3,5-8,12,14H2,1H3/t16-/m0/s1. The average Bonchev–Trinajstić information content (AvgIpc) is 3.27. The molecule has 4 rings (SSSR count). The first kappa shape index (κ1) is 14.9. The van der Waals surface area contributed by atoms with Crippen molar-refractivity contribution in [2.24, 2.45) is 0 Å². The molecule has 122 valence electrons. The van der Waals surface area contributed by atoms with E-state index in [1.165, 1.54) is 57.3 Å². The highest BCUT2D eigenvalue weighted by atomic mass is 15.2. The fourth-order valence-electron chi connectivity index (χ4n) is 4.27. The molecule has 0 N–H and O–H groups in total. The number of aromatic nitrogens is 3. The molecule has 2 aliphatic rings. The number of imidazole rings is 1. The zero-order chi connectivity index (χ0) is 15.6. The fourth-order valence-corrected chi connectivity index (χ4v) is 4.27. The third-order valence-electron chi connectivity index (χ3n) is 5.54. The van der Waals surface area contributed by atoms with Crippen LogP contribution in [0.4, 0.5) is 0 Å². The lowest BCUT2D eigenvalue weighted by molar-refractivity contribution is 0.149. The second-order valence-corrected chi connectivity index (χ2v) is 7.04. The maximum Gasteiger partial charge on any atom is 0.138 e. The Hall–Kier alpha value is -1.68. The number of likely N-dealkylation sites (tertiary alicyclic amines) is 1. The lowest BCUT2D eigenvalue weighted by Crippen LogP contribution is -2.40. The van der Waals surface area contributed by atoms with Gasteiger partial charge in [-0.3, -0.25) is 9.47 Å². The van der Waals surface area contributed by atoms with Crippen LogP contribution in [-0.2, 0) is 0 Å². The Morgan fingerprint density at radius 1 is 1.09 bits per heavy atom. The van der Waals surface area contributed by atoms with Crippen LogP contribution in [0.1, 0.15) is 56.0 Å². The molecule has 4 nitrogen and oxygen atoms in total. The van der Waals surface area contributed by atoms with Gasteiger partial charge in [0.25, 0.3) is 0 Å². The molecule has 1 atom stereocenters. The van der Waals surface area contributed by atoms with Crippen LogP contribution in [-0.4, -0.2) is 38.6 Å². The molecule has 2 aromatic heterocycles. The number of hydrogen-bond donors (Lipinski definition) is 0. The molecule has 0 aromatic carbocycles. The first-order valence-corrected chi connectivity index (χ1v) is 9.02. The van der Waals surface area contributed by atoms with Crippen molar-refractivity contribution in [3.63, 3.8) is 0 Å². The number of rotatable bonds is 3. The van der Waals surface area contributed by atoms with Crippen LogP contribution < -0.4 is 0 Å². The monoisotopic (exact) mass is 310 g/mol. The van der Waals surface area contributed by atoms with E-state index in [0.29, 0.717) is 5.92 Å². The van der Waals surface area contributed by atoms with Gasteiger partial charge < -0.3 is 0 Å². The van der Waals surface area contributed by atoms with Gasteiger partial charge in [-0.05, 0) is 51.3 Å². The smallest absolute Gasteiger partial charge is 0.138 e. The quantitative estimate of drug-likeness (QED) is 0.867. The van der Waals surface area contributed by atoms with Crippen molar-refractivity contribution in [2.75, 3.05) is 13.1 Å². The third kappa shape index (κ3) is 3.05. The minimum absolute atomic E-state index is 0.577. The number of piperidine rings is 1. The Morgan fingerprint density at radius 3 is 2.74 bits per heavy atom. The Bertz CT molecular complexity index is 657. The van der Waals surface area contributed by atoms with Gasteiger partial charge in [0.1, 0.15) is 11.6 Å². The predicted octanol–water partition coefficient (Wildman–Crippen LogP) is 3.70. The molecule has 0 unspecified atom stereocenters. The van der Waals surface area contributed by atoms with E-state index in [1.54, 1.807) is 0 Å². The molecule has 0 amide bonds. The van der Waals surface area contributed by atoms with Gasteiger partial charge in [-0.2, -0.15) is 0 Å². The summed E-state index contributed by atoms with van der Waals surface area (Å²) in [5.41, 5.74) is 1.25. The summed E-state index contributed by atoms with van der Waals surface area (Å²) in [5.74, 6) is 2.56. The van der Waals surface area contributed by atoms with E-state index < -0.39 is 0 Å². The average molecular weight is 310 g/mol. The molecule has 1 saturated carbocycles. The first-order chi connectivity index (χ1) is 11.3. The minimum atomic E-state index is 0.577. The maximum atomic E-state index is 4.96. The molecular weight excluding hydrogens is 284 g/mol. The Balaban J connectivity index is 1.54. The number of pyridine rings is 1. The molecule has 0 radical (unpaired) electrons. The summed E-state index contributed by atoms with van der Waals surface area (Å²) in [6, 6.07) is 7.26. The molecule has 1 saturated heterocycles. The van der Waals surface area contributed by atoms with Gasteiger partial charge in [-0.15, -0.1) is 0 Å². The molecule has 2 aromatic rings. The highest BCUT2D eigenvalue weighted by Crippen LogP contribution is 2.31. The molecule has 3 heterocycles. The normalized spacial score (nSPS) is 23.4. The van der Waals surface area contributed by atoms with Crippen molar-refractivity contribution in [2.45, 2.75) is 57.4 Å². The highest BCUT2D eigenvalue weighted by Gasteiger charge is 2.29. The van der Waals surface area contributed by atoms with E-state index in [2.05, 4.69) is 32.7 Å². The van der Waals surface area contributed by atoms with Gasteiger partial charge in [0.15, 0.2) is 0 Å². The van der Waals surface area contributed by atoms with Gasteiger partial charge >= 0.3 is 0 Å².